The van der Waals surface area contributed by atoms with Crippen molar-refractivity contribution >= 4 is 11.4 Å². The van der Waals surface area contributed by atoms with E-state index in [1.165, 1.54) is 25.9 Å². The molecule has 0 spiro atoms. The maximum atomic E-state index is 6.36. The van der Waals surface area contributed by atoms with E-state index in [1.807, 2.05) is 12.1 Å². The summed E-state index contributed by atoms with van der Waals surface area (Å²) < 4.78 is 6.36. The zero-order valence-corrected chi connectivity index (χ0v) is 14.0. The number of ether oxygens (including phenoxy) is 1. The number of anilines is 2. The van der Waals surface area contributed by atoms with Crippen molar-refractivity contribution in [2.24, 2.45) is 0 Å². The molecule has 1 saturated heterocycles. The highest BCUT2D eigenvalue weighted by Crippen LogP contribution is 2.40. The summed E-state index contributed by atoms with van der Waals surface area (Å²) in [4.78, 5) is 5.06. The van der Waals surface area contributed by atoms with Crippen LogP contribution in [-0.4, -0.2) is 43.2 Å². The van der Waals surface area contributed by atoms with Crippen LogP contribution in [0, 0.1) is 0 Å². The van der Waals surface area contributed by atoms with Crippen LogP contribution in [0.1, 0.15) is 39.5 Å². The van der Waals surface area contributed by atoms with Crippen molar-refractivity contribution in [3.8, 4) is 5.75 Å². The molecular weight excluding hydrogens is 274 g/mol. The molecule has 0 saturated carbocycles. The Balaban J connectivity index is 1.81. The van der Waals surface area contributed by atoms with Crippen LogP contribution in [0.15, 0.2) is 18.2 Å². The van der Waals surface area contributed by atoms with Gasteiger partial charge in [0.05, 0.1) is 12.2 Å². The number of nitrogens with two attached hydrogens (primary N) is 1. The predicted octanol–water partition coefficient (Wildman–Crippen LogP) is 3.12. The Morgan fingerprint density at radius 2 is 1.86 bits per heavy atom. The second-order valence-electron chi connectivity index (χ2n) is 6.69. The van der Waals surface area contributed by atoms with Crippen LogP contribution in [0.2, 0.25) is 0 Å². The first-order valence-electron chi connectivity index (χ1n) is 8.71. The maximum Gasteiger partial charge on any atom is 0.143 e. The Kier molecular flexibility index (Phi) is 4.48. The number of likely N-dealkylation sites (tertiary alicyclic amines) is 1. The van der Waals surface area contributed by atoms with Crippen molar-refractivity contribution in [3.05, 3.63) is 18.2 Å². The molecule has 0 aromatic heterocycles. The van der Waals surface area contributed by atoms with Crippen LogP contribution in [0.25, 0.3) is 0 Å². The summed E-state index contributed by atoms with van der Waals surface area (Å²) in [6.45, 7) is 10.1. The third kappa shape index (κ3) is 3.02. The molecule has 0 radical (unpaired) electrons. The van der Waals surface area contributed by atoms with Gasteiger partial charge in [0.25, 0.3) is 0 Å². The fraction of sp³-hybridized carbons (Fsp3) is 0.667. The second kappa shape index (κ2) is 6.37. The van der Waals surface area contributed by atoms with E-state index in [9.17, 15) is 0 Å². The van der Waals surface area contributed by atoms with E-state index in [0.29, 0.717) is 0 Å². The third-order valence-corrected chi connectivity index (χ3v) is 5.30. The van der Waals surface area contributed by atoms with Gasteiger partial charge in [-0.05, 0) is 57.0 Å². The highest BCUT2D eigenvalue weighted by molar-refractivity contribution is 5.66. The lowest BCUT2D eigenvalue weighted by Crippen LogP contribution is -2.51. The largest absolute Gasteiger partial charge is 0.483 e. The molecule has 1 aromatic rings. The average Bonchev–Trinajstić information content (AvgIpc) is 3.06. The average molecular weight is 303 g/mol. The van der Waals surface area contributed by atoms with Gasteiger partial charge in [0.1, 0.15) is 11.4 Å². The molecule has 0 aliphatic carbocycles. The van der Waals surface area contributed by atoms with Gasteiger partial charge in [-0.1, -0.05) is 13.8 Å². The minimum absolute atomic E-state index is 0.0614. The van der Waals surface area contributed by atoms with Crippen molar-refractivity contribution < 1.29 is 4.74 Å². The lowest BCUT2D eigenvalue weighted by atomic mass is 9.94. The van der Waals surface area contributed by atoms with Crippen LogP contribution in [0.4, 0.5) is 11.4 Å². The highest BCUT2D eigenvalue weighted by atomic mass is 16.5. The second-order valence-corrected chi connectivity index (χ2v) is 6.69. The van der Waals surface area contributed by atoms with E-state index in [1.54, 1.807) is 0 Å². The summed E-state index contributed by atoms with van der Waals surface area (Å²) in [5.41, 5.74) is 7.92. The van der Waals surface area contributed by atoms with Crippen LogP contribution < -0.4 is 15.4 Å². The van der Waals surface area contributed by atoms with Crippen molar-refractivity contribution in [1.82, 2.24) is 4.90 Å². The van der Waals surface area contributed by atoms with Gasteiger partial charge in [-0.25, -0.2) is 0 Å². The van der Waals surface area contributed by atoms with Gasteiger partial charge >= 0.3 is 0 Å². The molecule has 0 amide bonds. The Hall–Kier alpha value is -1.42. The molecule has 2 aliphatic rings. The Bertz CT molecular complexity index is 507. The lowest BCUT2D eigenvalue weighted by Gasteiger charge is -2.44. The minimum Gasteiger partial charge on any atom is -0.483 e. The number of rotatable bonds is 5. The summed E-state index contributed by atoms with van der Waals surface area (Å²) >= 11 is 0. The zero-order valence-electron chi connectivity index (χ0n) is 14.0. The van der Waals surface area contributed by atoms with Crippen LogP contribution >= 0.6 is 0 Å². The molecule has 122 valence electrons. The lowest BCUT2D eigenvalue weighted by molar-refractivity contribution is 0.0570. The fourth-order valence-corrected chi connectivity index (χ4v) is 3.65. The predicted molar refractivity (Wildman–Crippen MR) is 92.7 cm³/mol. The highest BCUT2D eigenvalue weighted by Gasteiger charge is 2.37. The first kappa shape index (κ1) is 15.5. The molecule has 0 atom stereocenters. The maximum absolute atomic E-state index is 6.36. The number of benzene rings is 1. The van der Waals surface area contributed by atoms with E-state index in [0.717, 1.165) is 49.6 Å². The van der Waals surface area contributed by atoms with Gasteiger partial charge in [-0.15, -0.1) is 0 Å². The van der Waals surface area contributed by atoms with E-state index >= 15 is 0 Å². The molecule has 0 bridgehead atoms. The zero-order chi connectivity index (χ0) is 15.6. The van der Waals surface area contributed by atoms with Crippen LogP contribution in [-0.2, 0) is 0 Å². The van der Waals surface area contributed by atoms with E-state index in [4.69, 9.17) is 10.5 Å². The first-order valence-corrected chi connectivity index (χ1v) is 8.71. The van der Waals surface area contributed by atoms with Gasteiger partial charge in [0, 0.05) is 18.8 Å². The van der Waals surface area contributed by atoms with E-state index < -0.39 is 0 Å². The molecule has 4 heteroatoms. The first-order chi connectivity index (χ1) is 10.7. The standard InChI is InChI=1S/C18H29N3O/c1-3-18(4-2)14-21(12-11-20-9-5-6-10-20)16-13-15(19)7-8-17(16)22-18/h7-8,13H,3-6,9-12,14,19H2,1-2H3. The molecule has 22 heavy (non-hydrogen) atoms. The topological polar surface area (TPSA) is 41.7 Å². The summed E-state index contributed by atoms with van der Waals surface area (Å²) in [6, 6.07) is 6.04. The molecule has 2 N–H and O–H groups in total. The summed E-state index contributed by atoms with van der Waals surface area (Å²) in [5, 5.41) is 0. The monoisotopic (exact) mass is 303 g/mol. The summed E-state index contributed by atoms with van der Waals surface area (Å²) in [5.74, 6) is 0.991. The molecule has 2 heterocycles. The minimum atomic E-state index is -0.0614. The molecule has 2 aliphatic heterocycles. The third-order valence-electron chi connectivity index (χ3n) is 5.30. The SMILES string of the molecule is CCC1(CC)CN(CCN2CCCC2)c2cc(N)ccc2O1. The summed E-state index contributed by atoms with van der Waals surface area (Å²) in [7, 11) is 0. The fourth-order valence-electron chi connectivity index (χ4n) is 3.65. The van der Waals surface area contributed by atoms with Crippen molar-refractivity contribution in [2.45, 2.75) is 45.1 Å². The smallest absolute Gasteiger partial charge is 0.143 e. The molecule has 1 aromatic carbocycles. The Labute approximate surface area is 134 Å². The van der Waals surface area contributed by atoms with E-state index in [-0.39, 0.29) is 5.60 Å². The molecule has 4 nitrogen and oxygen atoms in total. The number of nitrogen functional groups attached to an aromatic ring is 1. The van der Waals surface area contributed by atoms with Crippen molar-refractivity contribution in [1.29, 1.82) is 0 Å². The van der Waals surface area contributed by atoms with Gasteiger partial charge in [-0.2, -0.15) is 0 Å². The Morgan fingerprint density at radius 3 is 2.55 bits per heavy atom. The Morgan fingerprint density at radius 1 is 1.14 bits per heavy atom. The number of hydrogen-bond donors (Lipinski definition) is 1. The van der Waals surface area contributed by atoms with Gasteiger partial charge in [0.2, 0.25) is 0 Å². The van der Waals surface area contributed by atoms with E-state index in [2.05, 4.69) is 29.7 Å². The van der Waals surface area contributed by atoms with Crippen molar-refractivity contribution in [3.63, 3.8) is 0 Å². The summed E-state index contributed by atoms with van der Waals surface area (Å²) in [6.07, 6.45) is 4.77. The van der Waals surface area contributed by atoms with Gasteiger partial charge in [0.15, 0.2) is 0 Å². The molecule has 1 fully saturated rings. The van der Waals surface area contributed by atoms with Gasteiger partial charge in [-0.3, -0.25) is 0 Å². The quantitative estimate of drug-likeness (QED) is 0.849. The molecular formula is C18H29N3O. The molecule has 0 unspecified atom stereocenters. The molecule has 3 rings (SSSR count). The normalized spacial score (nSPS) is 20.7. The number of nitrogens with zero attached hydrogens (tertiary/aromatic N) is 2. The van der Waals surface area contributed by atoms with Crippen LogP contribution in [0.3, 0.4) is 0 Å². The number of fused-ring (bicyclic) bond motifs is 1. The van der Waals surface area contributed by atoms with Gasteiger partial charge < -0.3 is 20.3 Å². The number of hydrogen-bond acceptors (Lipinski definition) is 4. The van der Waals surface area contributed by atoms with Crippen molar-refractivity contribution in [2.75, 3.05) is 43.4 Å². The van der Waals surface area contributed by atoms with Crippen LogP contribution in [0.5, 0.6) is 5.75 Å².